The van der Waals surface area contributed by atoms with Crippen molar-refractivity contribution in [3.63, 3.8) is 0 Å². The maximum absolute atomic E-state index is 12.4. The van der Waals surface area contributed by atoms with E-state index in [1.54, 1.807) is 17.0 Å². The Hall–Kier alpha value is -0.620. The lowest BCUT2D eigenvalue weighted by Gasteiger charge is -2.29. The summed E-state index contributed by atoms with van der Waals surface area (Å²) in [6, 6.07) is 5.34. The lowest BCUT2D eigenvalue weighted by atomic mass is 10.2. The van der Waals surface area contributed by atoms with Gasteiger partial charge in [0.25, 0.3) is 5.91 Å². The number of benzene rings is 1. The minimum absolute atomic E-state index is 0.0357. The van der Waals surface area contributed by atoms with Gasteiger partial charge < -0.3 is 10.2 Å². The van der Waals surface area contributed by atoms with Gasteiger partial charge in [0.1, 0.15) is 0 Å². The van der Waals surface area contributed by atoms with Gasteiger partial charge in [-0.3, -0.25) is 9.69 Å². The molecule has 6 heteroatoms. The summed E-state index contributed by atoms with van der Waals surface area (Å²) in [5, 5.41) is 3.81. The summed E-state index contributed by atoms with van der Waals surface area (Å²) in [4.78, 5) is 16.5. The highest BCUT2D eigenvalue weighted by Gasteiger charge is 2.17. The van der Waals surface area contributed by atoms with Gasteiger partial charge in [0.05, 0.1) is 10.6 Å². The molecule has 20 heavy (non-hydrogen) atoms. The highest BCUT2D eigenvalue weighted by atomic mass is 79.9. The Kier molecular flexibility index (Phi) is 5.84. The van der Waals surface area contributed by atoms with Crippen molar-refractivity contribution in [2.75, 3.05) is 46.3 Å². The van der Waals surface area contributed by atoms with Gasteiger partial charge in [0.15, 0.2) is 0 Å². The van der Waals surface area contributed by atoms with Crippen LogP contribution in [0.25, 0.3) is 0 Å². The Morgan fingerprint density at radius 1 is 1.45 bits per heavy atom. The van der Waals surface area contributed by atoms with Crippen LogP contribution in [0.15, 0.2) is 22.7 Å². The minimum atomic E-state index is -0.0357. The predicted octanol–water partition coefficient (Wildman–Crippen LogP) is 2.08. The molecular weight excluding hydrogens is 342 g/mol. The molecule has 0 saturated carbocycles. The molecule has 0 bridgehead atoms. The van der Waals surface area contributed by atoms with E-state index in [9.17, 15) is 4.79 Å². The average Bonchev–Trinajstić information content (AvgIpc) is 2.47. The van der Waals surface area contributed by atoms with Crippen LogP contribution >= 0.6 is 27.5 Å². The van der Waals surface area contributed by atoms with Crippen molar-refractivity contribution in [3.05, 3.63) is 33.3 Å². The Balaban J connectivity index is 1.92. The van der Waals surface area contributed by atoms with E-state index in [0.717, 1.165) is 37.2 Å². The van der Waals surface area contributed by atoms with Crippen molar-refractivity contribution < 1.29 is 4.79 Å². The number of likely N-dealkylation sites (N-methyl/N-ethyl adjacent to an activating group) is 1. The molecule has 0 aliphatic carbocycles. The van der Waals surface area contributed by atoms with Crippen molar-refractivity contribution >= 4 is 33.4 Å². The topological polar surface area (TPSA) is 35.6 Å². The van der Waals surface area contributed by atoms with Crippen LogP contribution in [0.1, 0.15) is 10.4 Å². The summed E-state index contributed by atoms with van der Waals surface area (Å²) in [5.41, 5.74) is 0.545. The summed E-state index contributed by atoms with van der Waals surface area (Å²) in [7, 11) is 1.82. The molecule has 1 aromatic carbocycles. The first-order chi connectivity index (χ1) is 9.58. The summed E-state index contributed by atoms with van der Waals surface area (Å²) >= 11 is 9.47. The highest BCUT2D eigenvalue weighted by molar-refractivity contribution is 9.10. The third-order valence-corrected chi connectivity index (χ3v) is 4.29. The normalized spacial score (nSPS) is 16.1. The molecule has 0 aromatic heterocycles. The molecule has 1 aliphatic heterocycles. The number of piperazine rings is 1. The fraction of sp³-hybridized carbons (Fsp3) is 0.500. The van der Waals surface area contributed by atoms with Crippen molar-refractivity contribution in [3.8, 4) is 0 Å². The maximum Gasteiger partial charge on any atom is 0.255 e. The minimum Gasteiger partial charge on any atom is -0.340 e. The van der Waals surface area contributed by atoms with Gasteiger partial charge in [-0.15, -0.1) is 0 Å². The summed E-state index contributed by atoms with van der Waals surface area (Å²) < 4.78 is 0.862. The summed E-state index contributed by atoms with van der Waals surface area (Å²) in [6.45, 7) is 5.74. The molecule has 0 radical (unpaired) electrons. The third kappa shape index (κ3) is 4.19. The Bertz CT molecular complexity index is 477. The fourth-order valence-electron chi connectivity index (χ4n) is 2.19. The molecule has 1 heterocycles. The summed E-state index contributed by atoms with van der Waals surface area (Å²) in [5.74, 6) is -0.0357. The number of carbonyl (C=O) groups excluding carboxylic acids is 1. The van der Waals surface area contributed by atoms with Gasteiger partial charge in [-0.05, 0) is 18.2 Å². The van der Waals surface area contributed by atoms with Gasteiger partial charge in [0.2, 0.25) is 0 Å². The van der Waals surface area contributed by atoms with Crippen molar-refractivity contribution in [1.29, 1.82) is 0 Å². The first kappa shape index (κ1) is 15.8. The average molecular weight is 361 g/mol. The number of carbonyl (C=O) groups is 1. The fourth-order valence-corrected chi connectivity index (χ4v) is 2.75. The smallest absolute Gasteiger partial charge is 0.255 e. The Morgan fingerprint density at radius 3 is 2.85 bits per heavy atom. The van der Waals surface area contributed by atoms with E-state index >= 15 is 0 Å². The van der Waals surface area contributed by atoms with E-state index in [1.807, 2.05) is 13.1 Å². The van der Waals surface area contributed by atoms with Crippen LogP contribution in [0.5, 0.6) is 0 Å². The zero-order chi connectivity index (χ0) is 14.5. The number of amides is 1. The monoisotopic (exact) mass is 359 g/mol. The molecule has 1 aromatic rings. The molecular formula is C14H19BrClN3O. The van der Waals surface area contributed by atoms with E-state index in [1.165, 1.54) is 0 Å². The van der Waals surface area contributed by atoms with Crippen molar-refractivity contribution in [1.82, 2.24) is 15.1 Å². The lowest BCUT2D eigenvalue weighted by Crippen LogP contribution is -2.46. The SMILES string of the molecule is CN(CCN1CCNCC1)C(=O)c1cc(Br)ccc1Cl. The molecule has 1 fully saturated rings. The number of nitrogens with one attached hydrogen (secondary N) is 1. The zero-order valence-electron chi connectivity index (χ0n) is 11.5. The van der Waals surface area contributed by atoms with Crippen molar-refractivity contribution in [2.24, 2.45) is 0 Å². The van der Waals surface area contributed by atoms with Crippen LogP contribution in [0.3, 0.4) is 0 Å². The predicted molar refractivity (Wildman–Crippen MR) is 85.4 cm³/mol. The largest absolute Gasteiger partial charge is 0.340 e. The Labute approximate surface area is 133 Å². The molecule has 0 atom stereocenters. The van der Waals surface area contributed by atoms with Gasteiger partial charge in [-0.1, -0.05) is 27.5 Å². The van der Waals surface area contributed by atoms with E-state index < -0.39 is 0 Å². The molecule has 0 unspecified atom stereocenters. The number of hydrogen-bond acceptors (Lipinski definition) is 3. The second-order valence-electron chi connectivity index (χ2n) is 4.94. The molecule has 4 nitrogen and oxygen atoms in total. The first-order valence-electron chi connectivity index (χ1n) is 6.71. The molecule has 0 spiro atoms. The van der Waals surface area contributed by atoms with Crippen LogP contribution < -0.4 is 5.32 Å². The second-order valence-corrected chi connectivity index (χ2v) is 6.27. The van der Waals surface area contributed by atoms with Gasteiger partial charge in [-0.25, -0.2) is 0 Å². The summed E-state index contributed by atoms with van der Waals surface area (Å²) in [6.07, 6.45) is 0. The van der Waals surface area contributed by atoms with Crippen LogP contribution in [0, 0.1) is 0 Å². The molecule has 110 valence electrons. The molecule has 1 amide bonds. The molecule has 1 aliphatic rings. The number of rotatable bonds is 4. The maximum atomic E-state index is 12.4. The molecule has 1 N–H and O–H groups in total. The van der Waals surface area contributed by atoms with Crippen LogP contribution in [-0.4, -0.2) is 62.0 Å². The van der Waals surface area contributed by atoms with E-state index in [-0.39, 0.29) is 5.91 Å². The lowest BCUT2D eigenvalue weighted by molar-refractivity contribution is 0.0775. The van der Waals surface area contributed by atoms with Gasteiger partial charge >= 0.3 is 0 Å². The first-order valence-corrected chi connectivity index (χ1v) is 7.88. The molecule has 2 rings (SSSR count). The standard InChI is InChI=1S/C14H19BrClN3O/c1-18(8-9-19-6-4-17-5-7-19)14(20)12-10-11(15)2-3-13(12)16/h2-3,10,17H,4-9H2,1H3. The van der Waals surface area contributed by atoms with Crippen LogP contribution in [0.2, 0.25) is 5.02 Å². The van der Waals surface area contributed by atoms with E-state index in [2.05, 4.69) is 26.1 Å². The molecule has 1 saturated heterocycles. The van der Waals surface area contributed by atoms with Crippen LogP contribution in [-0.2, 0) is 0 Å². The van der Waals surface area contributed by atoms with E-state index in [0.29, 0.717) is 17.1 Å². The van der Waals surface area contributed by atoms with Crippen molar-refractivity contribution in [2.45, 2.75) is 0 Å². The van der Waals surface area contributed by atoms with E-state index in [4.69, 9.17) is 11.6 Å². The highest BCUT2D eigenvalue weighted by Crippen LogP contribution is 2.22. The Morgan fingerprint density at radius 2 is 2.15 bits per heavy atom. The number of nitrogens with zero attached hydrogens (tertiary/aromatic N) is 2. The van der Waals surface area contributed by atoms with Crippen LogP contribution in [0.4, 0.5) is 0 Å². The van der Waals surface area contributed by atoms with Gasteiger partial charge in [-0.2, -0.15) is 0 Å². The third-order valence-electron chi connectivity index (χ3n) is 3.47. The quantitative estimate of drug-likeness (QED) is 0.893. The van der Waals surface area contributed by atoms with Gasteiger partial charge in [0, 0.05) is 50.8 Å². The zero-order valence-corrected chi connectivity index (χ0v) is 13.9. The number of hydrogen-bond donors (Lipinski definition) is 1. The second kappa shape index (κ2) is 7.41. The number of halogens is 2.